The van der Waals surface area contributed by atoms with Crippen molar-refractivity contribution in [2.24, 2.45) is 35.5 Å². The lowest BCUT2D eigenvalue weighted by molar-refractivity contribution is -0.224. The summed E-state index contributed by atoms with van der Waals surface area (Å²) in [4.78, 5) is 0. The molecule has 3 saturated carbocycles. The fourth-order valence-corrected chi connectivity index (χ4v) is 7.40. The largest absolute Gasteiger partial charge is 0.432 e. The van der Waals surface area contributed by atoms with E-state index in [4.69, 9.17) is 4.74 Å². The highest BCUT2D eigenvalue weighted by molar-refractivity contribution is 5.64. The van der Waals surface area contributed by atoms with E-state index in [0.717, 1.165) is 42.7 Å². The van der Waals surface area contributed by atoms with Gasteiger partial charge in [-0.15, -0.1) is 0 Å². The number of rotatable bonds is 6. The van der Waals surface area contributed by atoms with Crippen LogP contribution in [0.15, 0.2) is 42.5 Å². The third kappa shape index (κ3) is 6.34. The Morgan fingerprint density at radius 2 is 1.05 bits per heavy atom. The molecule has 0 heterocycles. The second-order valence-electron chi connectivity index (χ2n) is 12.1. The first-order valence-electron chi connectivity index (χ1n) is 14.4. The van der Waals surface area contributed by atoms with Gasteiger partial charge < -0.3 is 4.74 Å². The van der Waals surface area contributed by atoms with Crippen LogP contribution in [-0.2, 0) is 0 Å². The fraction of sp³-hybridized carbons (Fsp3) is 0.625. The second-order valence-corrected chi connectivity index (χ2v) is 12.1. The summed E-state index contributed by atoms with van der Waals surface area (Å²) in [6, 6.07) is 9.76. The molecule has 0 bridgehead atoms. The van der Waals surface area contributed by atoms with Crippen molar-refractivity contribution in [2.75, 3.05) is 0 Å². The minimum atomic E-state index is -3.22. The summed E-state index contributed by atoms with van der Waals surface area (Å²) in [6.45, 7) is 2.38. The van der Waals surface area contributed by atoms with Crippen LogP contribution in [0.5, 0.6) is 5.75 Å². The van der Waals surface area contributed by atoms with Crippen molar-refractivity contribution in [1.29, 1.82) is 0 Å². The molecule has 0 unspecified atom stereocenters. The Bertz CT molecular complexity index is 1010. The Labute approximate surface area is 219 Å². The van der Waals surface area contributed by atoms with E-state index >= 15 is 8.78 Å². The molecular weight excluding hydrogens is 476 g/mol. The van der Waals surface area contributed by atoms with Crippen LogP contribution in [0.1, 0.15) is 84.0 Å². The van der Waals surface area contributed by atoms with Crippen LogP contribution in [0.3, 0.4) is 0 Å². The summed E-state index contributed by atoms with van der Waals surface area (Å²) in [6.07, 6.45) is 10.4. The van der Waals surface area contributed by atoms with E-state index in [1.807, 2.05) is 0 Å². The molecule has 3 aliphatic rings. The smallest absolute Gasteiger partial charge is 0.400 e. The van der Waals surface area contributed by atoms with Crippen molar-refractivity contribution in [3.8, 4) is 16.9 Å². The standard InChI is InChI=1S/C32H40F4O/c1-21-2-4-22(5-3-21)23-6-8-24(9-7-23)25-10-15-28(16-11-25)32(35,36)37-29-17-12-26(13-18-29)27-14-19-30(33)31(34)20-27/h12-14,17-25,28H,2-11,15-16H2,1H3. The average molecular weight is 517 g/mol. The van der Waals surface area contributed by atoms with Crippen LogP contribution in [0, 0.1) is 47.1 Å². The molecule has 3 aliphatic carbocycles. The maximum absolute atomic E-state index is 15.1. The molecule has 0 aromatic heterocycles. The van der Waals surface area contributed by atoms with Gasteiger partial charge in [-0.25, -0.2) is 8.78 Å². The Morgan fingerprint density at radius 1 is 0.595 bits per heavy atom. The molecule has 202 valence electrons. The van der Waals surface area contributed by atoms with Crippen LogP contribution >= 0.6 is 0 Å². The molecule has 3 fully saturated rings. The highest BCUT2D eigenvalue weighted by atomic mass is 19.3. The van der Waals surface area contributed by atoms with Gasteiger partial charge in [0, 0.05) is 0 Å². The number of benzene rings is 2. The molecule has 0 spiro atoms. The molecule has 0 radical (unpaired) electrons. The van der Waals surface area contributed by atoms with Crippen molar-refractivity contribution in [1.82, 2.24) is 0 Å². The van der Waals surface area contributed by atoms with Gasteiger partial charge in [0.15, 0.2) is 11.6 Å². The summed E-state index contributed by atoms with van der Waals surface area (Å²) in [7, 11) is 0. The summed E-state index contributed by atoms with van der Waals surface area (Å²) in [5.74, 6) is 1.47. The van der Waals surface area contributed by atoms with Crippen molar-refractivity contribution in [3.05, 3.63) is 54.1 Å². The summed E-state index contributed by atoms with van der Waals surface area (Å²) >= 11 is 0. The second kappa shape index (κ2) is 11.4. The van der Waals surface area contributed by atoms with Gasteiger partial charge in [-0.2, -0.15) is 8.78 Å². The molecule has 5 rings (SSSR count). The van der Waals surface area contributed by atoms with Gasteiger partial charge in [-0.3, -0.25) is 0 Å². The zero-order chi connectivity index (χ0) is 26.0. The van der Waals surface area contributed by atoms with Gasteiger partial charge in [0.05, 0.1) is 5.92 Å². The quantitative estimate of drug-likeness (QED) is 0.347. The van der Waals surface area contributed by atoms with E-state index < -0.39 is 23.7 Å². The van der Waals surface area contributed by atoms with Crippen LogP contribution in [0.2, 0.25) is 0 Å². The monoisotopic (exact) mass is 516 g/mol. The van der Waals surface area contributed by atoms with E-state index in [1.165, 1.54) is 69.6 Å². The minimum Gasteiger partial charge on any atom is -0.432 e. The van der Waals surface area contributed by atoms with Crippen LogP contribution in [0.25, 0.3) is 11.1 Å². The molecule has 2 aromatic rings. The normalized spacial score (nSPS) is 31.2. The number of alkyl halides is 2. The minimum absolute atomic E-state index is 0.0916. The van der Waals surface area contributed by atoms with Crippen LogP contribution < -0.4 is 4.74 Å². The summed E-state index contributed by atoms with van der Waals surface area (Å²) in [5, 5.41) is 0. The first-order valence-corrected chi connectivity index (χ1v) is 14.4. The predicted molar refractivity (Wildman–Crippen MR) is 139 cm³/mol. The zero-order valence-corrected chi connectivity index (χ0v) is 21.9. The third-order valence-electron chi connectivity index (χ3n) is 9.82. The molecule has 5 heteroatoms. The zero-order valence-electron chi connectivity index (χ0n) is 21.9. The lowest BCUT2D eigenvalue weighted by Crippen LogP contribution is -2.38. The molecule has 0 atom stereocenters. The van der Waals surface area contributed by atoms with Gasteiger partial charge in [-0.05, 0) is 129 Å². The Hall–Kier alpha value is -2.04. The van der Waals surface area contributed by atoms with Crippen molar-refractivity contribution < 1.29 is 22.3 Å². The number of hydrogen-bond donors (Lipinski definition) is 0. The van der Waals surface area contributed by atoms with Gasteiger partial charge in [0.1, 0.15) is 5.75 Å². The van der Waals surface area contributed by atoms with E-state index in [-0.39, 0.29) is 5.75 Å². The lowest BCUT2D eigenvalue weighted by Gasteiger charge is -2.41. The van der Waals surface area contributed by atoms with Gasteiger partial charge in [0.2, 0.25) is 0 Å². The first-order chi connectivity index (χ1) is 17.8. The Morgan fingerprint density at radius 3 is 1.57 bits per heavy atom. The van der Waals surface area contributed by atoms with E-state index in [9.17, 15) is 8.78 Å². The van der Waals surface area contributed by atoms with Gasteiger partial charge in [0.25, 0.3) is 0 Å². The lowest BCUT2D eigenvalue weighted by atomic mass is 9.65. The van der Waals surface area contributed by atoms with Crippen molar-refractivity contribution >= 4 is 0 Å². The van der Waals surface area contributed by atoms with Crippen LogP contribution in [0.4, 0.5) is 17.6 Å². The van der Waals surface area contributed by atoms with E-state index in [1.54, 1.807) is 12.1 Å². The molecule has 0 amide bonds. The van der Waals surface area contributed by atoms with Gasteiger partial charge in [-0.1, -0.05) is 38.0 Å². The Kier molecular flexibility index (Phi) is 8.16. The van der Waals surface area contributed by atoms with Crippen molar-refractivity contribution in [3.63, 3.8) is 0 Å². The molecule has 37 heavy (non-hydrogen) atoms. The molecule has 0 N–H and O–H groups in total. The van der Waals surface area contributed by atoms with Gasteiger partial charge >= 0.3 is 6.11 Å². The summed E-state index contributed by atoms with van der Waals surface area (Å²) in [5.41, 5.74) is 1.10. The molecular formula is C32H40F4O. The highest BCUT2D eigenvalue weighted by Crippen LogP contribution is 2.48. The third-order valence-corrected chi connectivity index (χ3v) is 9.82. The molecule has 1 nitrogen and oxygen atoms in total. The Balaban J connectivity index is 1.09. The maximum Gasteiger partial charge on any atom is 0.400 e. The van der Waals surface area contributed by atoms with E-state index in [2.05, 4.69) is 6.92 Å². The predicted octanol–water partition coefficient (Wildman–Crippen LogP) is 10.0. The highest BCUT2D eigenvalue weighted by Gasteiger charge is 2.45. The topological polar surface area (TPSA) is 9.23 Å². The molecule has 2 aromatic carbocycles. The maximum atomic E-state index is 15.1. The average Bonchev–Trinajstić information content (AvgIpc) is 2.91. The first kappa shape index (κ1) is 26.6. The SMILES string of the molecule is CC1CCC(C2CCC(C3CCC(C(F)(F)Oc4ccc(-c5ccc(F)c(F)c5)cc4)CC3)CC2)CC1. The van der Waals surface area contributed by atoms with E-state index in [0.29, 0.717) is 35.8 Å². The molecule has 0 aliphatic heterocycles. The summed E-state index contributed by atoms with van der Waals surface area (Å²) < 4.78 is 62.0. The number of ether oxygens (including phenoxy) is 1. The van der Waals surface area contributed by atoms with Crippen molar-refractivity contribution in [2.45, 2.75) is 90.1 Å². The number of halogens is 4. The van der Waals surface area contributed by atoms with Crippen LogP contribution in [-0.4, -0.2) is 6.11 Å². The fourth-order valence-electron chi connectivity index (χ4n) is 7.40. The molecule has 0 saturated heterocycles. The number of hydrogen-bond acceptors (Lipinski definition) is 1.